The molecule has 1 fully saturated rings. The van der Waals surface area contributed by atoms with E-state index in [4.69, 9.17) is 9.97 Å². The van der Waals surface area contributed by atoms with Gasteiger partial charge in [0, 0.05) is 47.6 Å². The second-order valence-electron chi connectivity index (χ2n) is 8.99. The predicted molar refractivity (Wildman–Crippen MR) is 127 cm³/mol. The molecule has 0 aliphatic carbocycles. The molecular formula is C25H27N7O. The Bertz CT molecular complexity index is 1290. The maximum Gasteiger partial charge on any atom is 0.225 e. The molecule has 3 aromatic heterocycles. The van der Waals surface area contributed by atoms with Crippen LogP contribution < -0.4 is 10.2 Å². The topological polar surface area (TPSA) is 103 Å². The first-order chi connectivity index (χ1) is 16.2. The van der Waals surface area contributed by atoms with Gasteiger partial charge in [0.25, 0.3) is 0 Å². The van der Waals surface area contributed by atoms with Gasteiger partial charge in [0.1, 0.15) is 5.75 Å². The molecule has 2 aliphatic heterocycles. The first-order valence-corrected chi connectivity index (χ1v) is 11.6. The van der Waals surface area contributed by atoms with Crippen LogP contribution >= 0.6 is 0 Å². The summed E-state index contributed by atoms with van der Waals surface area (Å²) in [5, 5.41) is 23.5. The lowest BCUT2D eigenvalue weighted by Gasteiger charge is -2.34. The van der Waals surface area contributed by atoms with Crippen LogP contribution in [-0.2, 0) is 6.42 Å². The molecule has 8 heteroatoms. The molecule has 8 nitrogen and oxygen atoms in total. The van der Waals surface area contributed by atoms with Crippen molar-refractivity contribution in [3.05, 3.63) is 59.5 Å². The SMILES string of the molecule is C[C@@H]1c2c([nH]c3nnc(-c4ccccc4O)cc23)CCN1c1ncc(C2CCNCC2)cn1. The van der Waals surface area contributed by atoms with Crippen LogP contribution in [0.1, 0.15) is 48.5 Å². The van der Waals surface area contributed by atoms with Gasteiger partial charge in [-0.15, -0.1) is 10.2 Å². The number of phenols is 1. The maximum absolute atomic E-state index is 10.3. The lowest BCUT2D eigenvalue weighted by Crippen LogP contribution is -2.35. The third kappa shape index (κ3) is 3.51. The van der Waals surface area contributed by atoms with Crippen LogP contribution in [0, 0.1) is 0 Å². The number of rotatable bonds is 3. The normalized spacial score (nSPS) is 19.1. The number of anilines is 1. The quantitative estimate of drug-likeness (QED) is 0.445. The van der Waals surface area contributed by atoms with E-state index < -0.39 is 0 Å². The van der Waals surface area contributed by atoms with Gasteiger partial charge in [0.2, 0.25) is 5.95 Å². The molecule has 33 heavy (non-hydrogen) atoms. The average molecular weight is 442 g/mol. The molecule has 0 unspecified atom stereocenters. The molecule has 1 atom stereocenters. The number of phenolic OH excluding ortho intramolecular Hbond substituents is 1. The van der Waals surface area contributed by atoms with Crippen molar-refractivity contribution >= 4 is 17.0 Å². The Morgan fingerprint density at radius 1 is 1.06 bits per heavy atom. The van der Waals surface area contributed by atoms with Crippen molar-refractivity contribution in [3.63, 3.8) is 0 Å². The van der Waals surface area contributed by atoms with Gasteiger partial charge in [0.15, 0.2) is 5.65 Å². The molecule has 0 amide bonds. The zero-order chi connectivity index (χ0) is 22.4. The van der Waals surface area contributed by atoms with E-state index in [1.54, 1.807) is 12.1 Å². The highest BCUT2D eigenvalue weighted by atomic mass is 16.3. The number of nitrogens with zero attached hydrogens (tertiary/aromatic N) is 5. The Kier molecular flexibility index (Phi) is 4.95. The fraction of sp³-hybridized carbons (Fsp3) is 0.360. The number of H-pyrrole nitrogens is 1. The van der Waals surface area contributed by atoms with E-state index in [0.29, 0.717) is 17.2 Å². The number of nitrogens with one attached hydrogen (secondary N) is 2. The second kappa shape index (κ2) is 8.12. The van der Waals surface area contributed by atoms with E-state index in [0.717, 1.165) is 55.9 Å². The minimum absolute atomic E-state index is 0.0913. The molecule has 168 valence electrons. The van der Waals surface area contributed by atoms with E-state index in [2.05, 4.69) is 32.3 Å². The number of aromatic amines is 1. The monoisotopic (exact) mass is 441 g/mol. The lowest BCUT2D eigenvalue weighted by atomic mass is 9.92. The molecule has 1 aromatic carbocycles. The van der Waals surface area contributed by atoms with E-state index in [-0.39, 0.29) is 11.8 Å². The number of benzene rings is 1. The minimum Gasteiger partial charge on any atom is -0.507 e. The second-order valence-corrected chi connectivity index (χ2v) is 8.99. The number of piperidine rings is 1. The van der Waals surface area contributed by atoms with Crippen molar-refractivity contribution in [2.45, 2.75) is 38.1 Å². The molecular weight excluding hydrogens is 414 g/mol. The fourth-order valence-electron chi connectivity index (χ4n) is 5.26. The molecule has 0 saturated carbocycles. The Morgan fingerprint density at radius 2 is 1.85 bits per heavy atom. The molecule has 0 spiro atoms. The van der Waals surface area contributed by atoms with Gasteiger partial charge >= 0.3 is 0 Å². The number of hydrogen-bond acceptors (Lipinski definition) is 7. The van der Waals surface area contributed by atoms with Crippen molar-refractivity contribution < 1.29 is 5.11 Å². The van der Waals surface area contributed by atoms with E-state index in [9.17, 15) is 5.11 Å². The van der Waals surface area contributed by atoms with Crippen LogP contribution in [0.5, 0.6) is 5.75 Å². The van der Waals surface area contributed by atoms with Crippen molar-refractivity contribution in [3.8, 4) is 17.0 Å². The maximum atomic E-state index is 10.3. The smallest absolute Gasteiger partial charge is 0.225 e. The molecule has 5 heterocycles. The number of hydrogen-bond donors (Lipinski definition) is 3. The first kappa shape index (κ1) is 20.1. The van der Waals surface area contributed by atoms with Gasteiger partial charge in [-0.2, -0.15) is 0 Å². The fourth-order valence-corrected chi connectivity index (χ4v) is 5.26. The Balaban J connectivity index is 1.33. The average Bonchev–Trinajstić information content (AvgIpc) is 3.24. The minimum atomic E-state index is 0.0913. The number of fused-ring (bicyclic) bond motifs is 3. The van der Waals surface area contributed by atoms with Crippen LogP contribution in [-0.4, -0.2) is 49.9 Å². The summed E-state index contributed by atoms with van der Waals surface area (Å²) < 4.78 is 0. The van der Waals surface area contributed by atoms with Crippen LogP contribution in [0.25, 0.3) is 22.3 Å². The van der Waals surface area contributed by atoms with Crippen molar-refractivity contribution in [2.75, 3.05) is 24.5 Å². The predicted octanol–water partition coefficient (Wildman–Crippen LogP) is 3.71. The van der Waals surface area contributed by atoms with Crippen molar-refractivity contribution in [1.82, 2.24) is 30.5 Å². The molecule has 0 bridgehead atoms. The highest BCUT2D eigenvalue weighted by molar-refractivity contribution is 5.86. The van der Waals surface area contributed by atoms with E-state index in [1.165, 1.54) is 16.8 Å². The summed E-state index contributed by atoms with van der Waals surface area (Å²) in [6.45, 7) is 5.15. The Morgan fingerprint density at radius 3 is 2.64 bits per heavy atom. The third-order valence-electron chi connectivity index (χ3n) is 7.07. The van der Waals surface area contributed by atoms with Crippen LogP contribution in [0.3, 0.4) is 0 Å². The molecule has 0 radical (unpaired) electrons. The van der Waals surface area contributed by atoms with Crippen molar-refractivity contribution in [2.24, 2.45) is 0 Å². The summed E-state index contributed by atoms with van der Waals surface area (Å²) in [6, 6.07) is 9.34. The molecule has 6 rings (SSSR count). The third-order valence-corrected chi connectivity index (χ3v) is 7.07. The summed E-state index contributed by atoms with van der Waals surface area (Å²) in [6.07, 6.45) is 7.17. The molecule has 1 saturated heterocycles. The van der Waals surface area contributed by atoms with Gasteiger partial charge in [-0.3, -0.25) is 0 Å². The Hall–Kier alpha value is -3.52. The van der Waals surface area contributed by atoms with Gasteiger partial charge in [-0.05, 0) is 62.5 Å². The zero-order valence-electron chi connectivity index (χ0n) is 18.6. The molecule has 2 aliphatic rings. The largest absolute Gasteiger partial charge is 0.507 e. The standard InChI is InChI=1S/C25H27N7O/c1-15-23-19-12-21(18-4-2-3-5-22(18)33)30-31-24(19)29-20(23)8-11-32(15)25-27-13-17(14-28-25)16-6-9-26-10-7-16/h2-5,12-16,26,33H,6-11H2,1H3,(H,29,31)/t15-/m1/s1. The van der Waals surface area contributed by atoms with Crippen LogP contribution in [0.15, 0.2) is 42.7 Å². The number of para-hydroxylation sites is 1. The van der Waals surface area contributed by atoms with Crippen LogP contribution in [0.4, 0.5) is 5.95 Å². The van der Waals surface area contributed by atoms with Gasteiger partial charge < -0.3 is 20.3 Å². The molecule has 3 N–H and O–H groups in total. The van der Waals surface area contributed by atoms with Crippen LogP contribution in [0.2, 0.25) is 0 Å². The zero-order valence-corrected chi connectivity index (χ0v) is 18.6. The number of aromatic hydroxyl groups is 1. The van der Waals surface area contributed by atoms with Gasteiger partial charge in [0.05, 0.1) is 11.7 Å². The van der Waals surface area contributed by atoms with Crippen molar-refractivity contribution in [1.29, 1.82) is 0 Å². The molecule has 4 aromatic rings. The summed E-state index contributed by atoms with van der Waals surface area (Å²) in [5.74, 6) is 1.52. The highest BCUT2D eigenvalue weighted by Gasteiger charge is 2.30. The van der Waals surface area contributed by atoms with E-state index >= 15 is 0 Å². The number of aromatic nitrogens is 5. The first-order valence-electron chi connectivity index (χ1n) is 11.6. The summed E-state index contributed by atoms with van der Waals surface area (Å²) in [7, 11) is 0. The summed E-state index contributed by atoms with van der Waals surface area (Å²) in [5.41, 5.74) is 5.74. The van der Waals surface area contributed by atoms with E-state index in [1.807, 2.05) is 30.6 Å². The summed E-state index contributed by atoms with van der Waals surface area (Å²) >= 11 is 0. The van der Waals surface area contributed by atoms with Gasteiger partial charge in [-0.1, -0.05) is 12.1 Å². The lowest BCUT2D eigenvalue weighted by molar-refractivity contribution is 0.458. The highest BCUT2D eigenvalue weighted by Crippen LogP contribution is 2.38. The van der Waals surface area contributed by atoms with Gasteiger partial charge in [-0.25, -0.2) is 9.97 Å². The Labute approximate surface area is 192 Å². The summed E-state index contributed by atoms with van der Waals surface area (Å²) in [4.78, 5) is 15.3.